The van der Waals surface area contributed by atoms with Gasteiger partial charge >= 0.3 is 6.18 Å². The second-order valence-electron chi connectivity index (χ2n) is 5.28. The van der Waals surface area contributed by atoms with Gasteiger partial charge in [0.05, 0.1) is 0 Å². The van der Waals surface area contributed by atoms with E-state index < -0.39 is 12.7 Å². The Kier molecular flexibility index (Phi) is 4.92. The van der Waals surface area contributed by atoms with E-state index in [-0.39, 0.29) is 17.6 Å². The third-order valence-corrected chi connectivity index (χ3v) is 3.60. The summed E-state index contributed by atoms with van der Waals surface area (Å²) in [5, 5.41) is 3.18. The monoisotopic (exact) mass is 303 g/mol. The Morgan fingerprint density at radius 1 is 1.52 bits per heavy atom. The van der Waals surface area contributed by atoms with Gasteiger partial charge in [-0.15, -0.1) is 0 Å². The van der Waals surface area contributed by atoms with Gasteiger partial charge in [-0.05, 0) is 31.5 Å². The zero-order valence-corrected chi connectivity index (χ0v) is 12.0. The molecule has 0 saturated carbocycles. The predicted octanol–water partition coefficient (Wildman–Crippen LogP) is 2.26. The molecule has 21 heavy (non-hydrogen) atoms. The molecule has 0 radical (unpaired) electrons. The predicted molar refractivity (Wildman–Crippen MR) is 73.1 cm³/mol. The van der Waals surface area contributed by atoms with E-state index in [0.717, 1.165) is 24.0 Å². The van der Waals surface area contributed by atoms with Gasteiger partial charge in [0.2, 0.25) is 0 Å². The molecule has 4 nitrogen and oxygen atoms in total. The van der Waals surface area contributed by atoms with Crippen LogP contribution in [0.5, 0.6) is 0 Å². The molecule has 1 atom stereocenters. The summed E-state index contributed by atoms with van der Waals surface area (Å²) < 4.78 is 38.6. The Morgan fingerprint density at radius 2 is 2.29 bits per heavy atom. The molecule has 1 aliphatic heterocycles. The highest BCUT2D eigenvalue weighted by molar-refractivity contribution is 5.93. The molecule has 1 fully saturated rings. The van der Waals surface area contributed by atoms with E-state index in [1.807, 2.05) is 6.92 Å². The molecule has 1 aromatic rings. The fraction of sp³-hybridized carbons (Fsp3) is 0.643. The van der Waals surface area contributed by atoms with Gasteiger partial charge in [0.25, 0.3) is 5.91 Å². The molecule has 0 aliphatic carbocycles. The lowest BCUT2D eigenvalue weighted by Gasteiger charge is -2.28. The number of hydrogen-bond donors (Lipinski definition) is 1. The Balaban J connectivity index is 2.18. The van der Waals surface area contributed by atoms with E-state index in [4.69, 9.17) is 0 Å². The van der Waals surface area contributed by atoms with E-state index >= 15 is 0 Å². The first-order valence-electron chi connectivity index (χ1n) is 7.16. The third-order valence-electron chi connectivity index (χ3n) is 3.60. The molecular formula is C14H20F3N3O. The molecule has 1 saturated heterocycles. The number of nitrogens with zero attached hydrogens (tertiary/aromatic N) is 2. The van der Waals surface area contributed by atoms with Crippen molar-refractivity contribution in [2.75, 3.05) is 19.6 Å². The highest BCUT2D eigenvalue weighted by Crippen LogP contribution is 2.21. The molecule has 7 heteroatoms. The number of amides is 1. The maximum absolute atomic E-state index is 12.6. The maximum atomic E-state index is 12.6. The van der Waals surface area contributed by atoms with Crippen LogP contribution in [-0.2, 0) is 6.54 Å². The molecule has 0 bridgehead atoms. The normalized spacial score (nSPS) is 19.0. The first-order chi connectivity index (χ1) is 9.92. The Bertz CT molecular complexity index is 478. The first-order valence-corrected chi connectivity index (χ1v) is 7.16. The van der Waals surface area contributed by atoms with Gasteiger partial charge in [-0.2, -0.15) is 13.2 Å². The SMILES string of the molecule is CCCN(C(=O)c1cccn1CC(F)(F)F)C1CCNC1. The Morgan fingerprint density at radius 3 is 2.86 bits per heavy atom. The largest absolute Gasteiger partial charge is 0.406 e. The molecule has 1 N–H and O–H groups in total. The number of halogens is 3. The minimum atomic E-state index is -4.33. The van der Waals surface area contributed by atoms with Gasteiger partial charge in [-0.1, -0.05) is 6.92 Å². The molecule has 118 valence electrons. The average molecular weight is 303 g/mol. The average Bonchev–Trinajstić information content (AvgIpc) is 3.04. The van der Waals surface area contributed by atoms with Crippen LogP contribution in [0.25, 0.3) is 0 Å². The van der Waals surface area contributed by atoms with Crippen molar-refractivity contribution in [1.82, 2.24) is 14.8 Å². The van der Waals surface area contributed by atoms with Gasteiger partial charge in [0.15, 0.2) is 0 Å². The second kappa shape index (κ2) is 6.51. The van der Waals surface area contributed by atoms with Crippen molar-refractivity contribution in [3.8, 4) is 0 Å². The number of aromatic nitrogens is 1. The Labute approximate surface area is 121 Å². The van der Waals surface area contributed by atoms with Crippen LogP contribution in [0.3, 0.4) is 0 Å². The summed E-state index contributed by atoms with van der Waals surface area (Å²) in [6, 6.07) is 3.00. The Hall–Kier alpha value is -1.50. The summed E-state index contributed by atoms with van der Waals surface area (Å²) in [5.41, 5.74) is 0.104. The van der Waals surface area contributed by atoms with E-state index in [1.165, 1.54) is 18.3 Å². The second-order valence-corrected chi connectivity index (χ2v) is 5.28. The molecule has 1 unspecified atom stereocenters. The molecule has 2 rings (SSSR count). The molecular weight excluding hydrogens is 283 g/mol. The van der Waals surface area contributed by atoms with Crippen molar-refractivity contribution in [2.24, 2.45) is 0 Å². The number of alkyl halides is 3. The molecule has 2 heterocycles. The van der Waals surface area contributed by atoms with Crippen molar-refractivity contribution in [3.05, 3.63) is 24.0 Å². The van der Waals surface area contributed by atoms with Gasteiger partial charge < -0.3 is 14.8 Å². The standard InChI is InChI=1S/C14H20F3N3O/c1-2-7-20(11-5-6-18-9-11)13(21)12-4-3-8-19(12)10-14(15,16)17/h3-4,8,11,18H,2,5-7,9-10H2,1H3. The lowest BCUT2D eigenvalue weighted by Crippen LogP contribution is -2.43. The van der Waals surface area contributed by atoms with Crippen LogP contribution in [0.4, 0.5) is 13.2 Å². The fourth-order valence-corrected chi connectivity index (χ4v) is 2.68. The molecule has 1 aromatic heterocycles. The molecule has 0 spiro atoms. The van der Waals surface area contributed by atoms with Gasteiger partial charge in [0.1, 0.15) is 12.2 Å². The van der Waals surface area contributed by atoms with Crippen molar-refractivity contribution in [1.29, 1.82) is 0 Å². The third kappa shape index (κ3) is 4.00. The van der Waals surface area contributed by atoms with Crippen molar-refractivity contribution < 1.29 is 18.0 Å². The quantitative estimate of drug-likeness (QED) is 0.906. The van der Waals surface area contributed by atoms with Gasteiger partial charge in [0, 0.05) is 25.3 Å². The van der Waals surface area contributed by atoms with Gasteiger partial charge in [-0.3, -0.25) is 4.79 Å². The molecule has 1 aliphatic rings. The molecule has 1 amide bonds. The summed E-state index contributed by atoms with van der Waals surface area (Å²) in [7, 11) is 0. The smallest absolute Gasteiger partial charge is 0.334 e. The highest BCUT2D eigenvalue weighted by atomic mass is 19.4. The first kappa shape index (κ1) is 15.9. The summed E-state index contributed by atoms with van der Waals surface area (Å²) >= 11 is 0. The van der Waals surface area contributed by atoms with Crippen LogP contribution in [0, 0.1) is 0 Å². The fourth-order valence-electron chi connectivity index (χ4n) is 2.68. The van der Waals surface area contributed by atoms with Crippen molar-refractivity contribution in [2.45, 2.75) is 38.5 Å². The van der Waals surface area contributed by atoms with Gasteiger partial charge in [-0.25, -0.2) is 0 Å². The van der Waals surface area contributed by atoms with Crippen molar-refractivity contribution in [3.63, 3.8) is 0 Å². The zero-order chi connectivity index (χ0) is 15.5. The minimum Gasteiger partial charge on any atom is -0.334 e. The summed E-state index contributed by atoms with van der Waals surface area (Å²) in [6.45, 7) is 2.91. The van der Waals surface area contributed by atoms with Crippen LogP contribution in [0.15, 0.2) is 18.3 Å². The summed E-state index contributed by atoms with van der Waals surface area (Å²) in [6.07, 6.45) is -1.41. The number of hydrogen-bond acceptors (Lipinski definition) is 2. The summed E-state index contributed by atoms with van der Waals surface area (Å²) in [5.74, 6) is -0.320. The zero-order valence-electron chi connectivity index (χ0n) is 12.0. The number of nitrogens with one attached hydrogen (secondary N) is 1. The number of rotatable bonds is 5. The maximum Gasteiger partial charge on any atom is 0.406 e. The number of carbonyl (C=O) groups is 1. The van der Waals surface area contributed by atoms with E-state index in [0.29, 0.717) is 13.1 Å². The van der Waals surface area contributed by atoms with Crippen LogP contribution < -0.4 is 5.32 Å². The van der Waals surface area contributed by atoms with E-state index in [1.54, 1.807) is 4.90 Å². The minimum absolute atomic E-state index is 0.0617. The lowest BCUT2D eigenvalue weighted by molar-refractivity contribution is -0.140. The van der Waals surface area contributed by atoms with E-state index in [9.17, 15) is 18.0 Å². The van der Waals surface area contributed by atoms with Crippen molar-refractivity contribution >= 4 is 5.91 Å². The van der Waals surface area contributed by atoms with Crippen LogP contribution in [-0.4, -0.2) is 47.2 Å². The van der Waals surface area contributed by atoms with Crippen LogP contribution >= 0.6 is 0 Å². The van der Waals surface area contributed by atoms with Crippen LogP contribution in [0.1, 0.15) is 30.3 Å². The lowest BCUT2D eigenvalue weighted by atomic mass is 10.2. The summed E-state index contributed by atoms with van der Waals surface area (Å²) in [4.78, 5) is 14.3. The molecule has 0 aromatic carbocycles. The number of carbonyl (C=O) groups excluding carboxylic acids is 1. The van der Waals surface area contributed by atoms with E-state index in [2.05, 4.69) is 5.32 Å². The highest BCUT2D eigenvalue weighted by Gasteiger charge is 2.32. The van der Waals surface area contributed by atoms with Crippen LogP contribution in [0.2, 0.25) is 0 Å². The topological polar surface area (TPSA) is 37.3 Å².